The van der Waals surface area contributed by atoms with Gasteiger partial charge in [0.2, 0.25) is 0 Å². The van der Waals surface area contributed by atoms with E-state index in [4.69, 9.17) is 13.1 Å². The Hall–Kier alpha value is -1.72. The molecular formula is C16H18N2. The van der Waals surface area contributed by atoms with Crippen LogP contribution in [0, 0.1) is 36.8 Å². The van der Waals surface area contributed by atoms with E-state index in [0.717, 1.165) is 18.4 Å². The second-order valence-corrected chi connectivity index (χ2v) is 5.26. The molecule has 1 fully saturated rings. The van der Waals surface area contributed by atoms with E-state index in [1.807, 2.05) is 6.92 Å². The van der Waals surface area contributed by atoms with Crippen LogP contribution < -0.4 is 0 Å². The lowest BCUT2D eigenvalue weighted by molar-refractivity contribution is 0.472. The molecule has 0 N–H and O–H groups in total. The van der Waals surface area contributed by atoms with Crippen LogP contribution in [0.15, 0.2) is 11.6 Å². The van der Waals surface area contributed by atoms with Gasteiger partial charge >= 0.3 is 5.66 Å². The molecule has 1 saturated carbocycles. The first-order chi connectivity index (χ1) is 8.74. The van der Waals surface area contributed by atoms with Gasteiger partial charge in [0.05, 0.1) is 0 Å². The monoisotopic (exact) mass is 238 g/mol. The van der Waals surface area contributed by atoms with E-state index in [1.165, 1.54) is 19.3 Å². The van der Waals surface area contributed by atoms with Crippen LogP contribution in [0.5, 0.6) is 0 Å². The van der Waals surface area contributed by atoms with Crippen molar-refractivity contribution in [3.8, 4) is 11.8 Å². The van der Waals surface area contributed by atoms with E-state index >= 15 is 0 Å². The van der Waals surface area contributed by atoms with Crippen LogP contribution in [0.3, 0.4) is 0 Å². The predicted molar refractivity (Wildman–Crippen MR) is 72.2 cm³/mol. The Morgan fingerprint density at radius 3 is 2.72 bits per heavy atom. The van der Waals surface area contributed by atoms with E-state index in [9.17, 15) is 0 Å². The Morgan fingerprint density at radius 1 is 1.33 bits per heavy atom. The van der Waals surface area contributed by atoms with Gasteiger partial charge in [-0.2, -0.15) is 0 Å². The Morgan fingerprint density at radius 2 is 2.11 bits per heavy atom. The lowest BCUT2D eigenvalue weighted by atomic mass is 9.82. The first-order valence-corrected chi connectivity index (χ1v) is 6.68. The molecule has 0 spiro atoms. The van der Waals surface area contributed by atoms with Crippen LogP contribution >= 0.6 is 0 Å². The van der Waals surface area contributed by atoms with Crippen LogP contribution in [0.25, 0.3) is 9.69 Å². The fourth-order valence-electron chi connectivity index (χ4n) is 3.08. The third kappa shape index (κ3) is 2.27. The predicted octanol–water partition coefficient (Wildman–Crippen LogP) is 4.07. The number of rotatable bonds is 2. The van der Waals surface area contributed by atoms with Gasteiger partial charge in [-0.1, -0.05) is 18.9 Å². The Bertz CT molecular complexity index is 476. The normalized spacial score (nSPS) is 25.4. The summed E-state index contributed by atoms with van der Waals surface area (Å²) in [6.07, 6.45) is 8.08. The summed E-state index contributed by atoms with van der Waals surface area (Å²) in [7, 11) is 0. The molecule has 0 heterocycles. The molecule has 92 valence electrons. The SMILES string of the molecule is [C-]#[N+]C(CC#CCC)([N+]#[C-])C1=CC2CCC(C1)C2. The molecule has 2 nitrogen and oxygen atoms in total. The van der Waals surface area contributed by atoms with Gasteiger partial charge in [-0.15, -0.1) is 5.92 Å². The van der Waals surface area contributed by atoms with Gasteiger partial charge in [-0.3, -0.25) is 0 Å². The minimum absolute atomic E-state index is 0.374. The zero-order chi connectivity index (χ0) is 13.0. The molecule has 2 unspecified atom stereocenters. The van der Waals surface area contributed by atoms with Crippen LogP contribution in [-0.2, 0) is 0 Å². The Balaban J connectivity index is 2.26. The van der Waals surface area contributed by atoms with Crippen molar-refractivity contribution in [1.82, 2.24) is 0 Å². The molecule has 0 amide bonds. The Kier molecular flexibility index (Phi) is 3.74. The van der Waals surface area contributed by atoms with Crippen LogP contribution in [0.2, 0.25) is 0 Å². The Labute approximate surface area is 110 Å². The zero-order valence-corrected chi connectivity index (χ0v) is 10.9. The molecule has 0 radical (unpaired) electrons. The van der Waals surface area contributed by atoms with Gasteiger partial charge < -0.3 is 0 Å². The molecule has 2 rings (SSSR count). The molecule has 0 aromatic rings. The van der Waals surface area contributed by atoms with Crippen molar-refractivity contribution >= 4 is 0 Å². The number of hydrogen-bond donors (Lipinski definition) is 0. The summed E-state index contributed by atoms with van der Waals surface area (Å²) >= 11 is 0. The summed E-state index contributed by atoms with van der Waals surface area (Å²) < 4.78 is 0. The fraction of sp³-hybridized carbons (Fsp3) is 0.625. The van der Waals surface area contributed by atoms with E-state index in [0.29, 0.717) is 18.3 Å². The molecule has 2 atom stereocenters. The van der Waals surface area contributed by atoms with Gasteiger partial charge in [0.25, 0.3) is 0 Å². The first-order valence-electron chi connectivity index (χ1n) is 6.68. The van der Waals surface area contributed by atoms with E-state index < -0.39 is 5.66 Å². The number of nitrogens with zero attached hydrogens (tertiary/aromatic N) is 2. The highest BCUT2D eigenvalue weighted by atomic mass is 15.0. The van der Waals surface area contributed by atoms with Gasteiger partial charge in [-0.25, -0.2) is 22.8 Å². The van der Waals surface area contributed by atoms with Gasteiger partial charge in [0, 0.05) is 6.42 Å². The van der Waals surface area contributed by atoms with Crippen molar-refractivity contribution < 1.29 is 0 Å². The summed E-state index contributed by atoms with van der Waals surface area (Å²) in [6.45, 7) is 16.9. The third-order valence-corrected chi connectivity index (χ3v) is 4.05. The summed E-state index contributed by atoms with van der Waals surface area (Å²) in [6, 6.07) is 0. The minimum atomic E-state index is -1.02. The number of hydrogen-bond acceptors (Lipinski definition) is 0. The third-order valence-electron chi connectivity index (χ3n) is 4.05. The van der Waals surface area contributed by atoms with Crippen molar-refractivity contribution in [2.45, 2.75) is 51.1 Å². The van der Waals surface area contributed by atoms with E-state index in [2.05, 4.69) is 27.6 Å². The average Bonchev–Trinajstić information content (AvgIpc) is 2.74. The summed E-state index contributed by atoms with van der Waals surface area (Å²) in [5.41, 5.74) is 0.0281. The molecular weight excluding hydrogens is 220 g/mol. The average molecular weight is 238 g/mol. The zero-order valence-electron chi connectivity index (χ0n) is 10.9. The molecule has 18 heavy (non-hydrogen) atoms. The topological polar surface area (TPSA) is 8.72 Å². The number of allylic oxidation sites excluding steroid dienone is 1. The fourth-order valence-corrected chi connectivity index (χ4v) is 3.08. The lowest BCUT2D eigenvalue weighted by Crippen LogP contribution is -2.26. The van der Waals surface area contributed by atoms with Crippen LogP contribution in [0.1, 0.15) is 45.4 Å². The van der Waals surface area contributed by atoms with Crippen molar-refractivity contribution in [2.24, 2.45) is 11.8 Å². The molecule has 0 aromatic heterocycles. The van der Waals surface area contributed by atoms with Crippen molar-refractivity contribution in [1.29, 1.82) is 0 Å². The van der Waals surface area contributed by atoms with E-state index in [1.54, 1.807) is 0 Å². The summed E-state index contributed by atoms with van der Waals surface area (Å²) in [4.78, 5) is 7.31. The second kappa shape index (κ2) is 5.29. The molecule has 0 aliphatic heterocycles. The number of fused-ring (bicyclic) bond motifs is 2. The maximum atomic E-state index is 7.43. The molecule has 2 heteroatoms. The lowest BCUT2D eigenvalue weighted by Gasteiger charge is -2.20. The van der Waals surface area contributed by atoms with Gasteiger partial charge in [0.1, 0.15) is 5.57 Å². The molecule has 2 aliphatic carbocycles. The van der Waals surface area contributed by atoms with E-state index in [-0.39, 0.29) is 0 Å². The van der Waals surface area contributed by atoms with Gasteiger partial charge in [0.15, 0.2) is 6.42 Å². The standard InChI is InChI=1S/C16H18N2/c1-4-5-6-9-16(17-2,18-3)15-11-13-7-8-14(10-13)12-15/h11,13-14H,4,7-10,12H2,1H3. The van der Waals surface area contributed by atoms with Crippen molar-refractivity contribution in [2.75, 3.05) is 0 Å². The largest absolute Gasteiger partial charge is 0.516 e. The highest BCUT2D eigenvalue weighted by Crippen LogP contribution is 2.45. The molecule has 2 bridgehead atoms. The van der Waals surface area contributed by atoms with Crippen molar-refractivity contribution in [3.63, 3.8) is 0 Å². The van der Waals surface area contributed by atoms with Crippen LogP contribution in [0.4, 0.5) is 0 Å². The quantitative estimate of drug-likeness (QED) is 0.389. The van der Waals surface area contributed by atoms with Crippen LogP contribution in [-0.4, -0.2) is 5.66 Å². The smallest absolute Gasteiger partial charge is 0.225 e. The maximum absolute atomic E-state index is 7.43. The van der Waals surface area contributed by atoms with Gasteiger partial charge in [-0.05, 0) is 37.5 Å². The van der Waals surface area contributed by atoms with Crippen molar-refractivity contribution in [3.05, 3.63) is 34.5 Å². The molecule has 0 aromatic carbocycles. The highest BCUT2D eigenvalue weighted by Gasteiger charge is 2.50. The molecule has 2 aliphatic rings. The summed E-state index contributed by atoms with van der Waals surface area (Å²) in [5, 5.41) is 0. The first kappa shape index (κ1) is 12.7. The second-order valence-electron chi connectivity index (χ2n) is 5.26. The molecule has 0 saturated heterocycles. The highest BCUT2D eigenvalue weighted by molar-refractivity contribution is 5.36. The minimum Gasteiger partial charge on any atom is -0.225 e. The summed E-state index contributed by atoms with van der Waals surface area (Å²) in [5.74, 6) is 7.31. The maximum Gasteiger partial charge on any atom is 0.516 e.